The van der Waals surface area contributed by atoms with Crippen LogP contribution in [0.3, 0.4) is 0 Å². The van der Waals surface area contributed by atoms with Crippen LogP contribution in [-0.4, -0.2) is 37.6 Å². The summed E-state index contributed by atoms with van der Waals surface area (Å²) in [7, 11) is -8.52. The second-order valence-corrected chi connectivity index (χ2v) is 13.9. The first-order valence-corrected chi connectivity index (χ1v) is 17.0. The van der Waals surface area contributed by atoms with E-state index in [1.165, 1.54) is 34.2 Å². The van der Waals surface area contributed by atoms with Crippen LogP contribution in [0, 0.1) is 13.8 Å². The molecule has 2 fully saturated rings. The lowest BCUT2D eigenvalue weighted by atomic mass is 10.0. The van der Waals surface area contributed by atoms with Crippen molar-refractivity contribution in [2.75, 3.05) is 0 Å². The highest BCUT2D eigenvalue weighted by Crippen LogP contribution is 2.43. The topological polar surface area (TPSA) is 127 Å². The van der Waals surface area contributed by atoms with Crippen molar-refractivity contribution in [1.29, 1.82) is 0 Å². The Kier molecular flexibility index (Phi) is 8.09. The molecule has 0 N–H and O–H groups in total. The third kappa shape index (κ3) is 5.16. The van der Waals surface area contributed by atoms with Gasteiger partial charge in [-0.05, 0) is 49.2 Å². The first-order valence-electron chi connectivity index (χ1n) is 12.3. The van der Waals surface area contributed by atoms with Gasteiger partial charge in [0.25, 0.3) is 20.0 Å². The van der Waals surface area contributed by atoms with Crippen LogP contribution in [0.1, 0.15) is 34.5 Å². The number of halogens is 2. The van der Waals surface area contributed by atoms with Crippen LogP contribution in [0.15, 0.2) is 104 Å². The molecule has 3 aromatic rings. The molecule has 0 saturated carbocycles. The van der Waals surface area contributed by atoms with Crippen molar-refractivity contribution < 1.29 is 35.9 Å². The number of ether oxygens (including phenoxy) is 2. The third-order valence-corrected chi connectivity index (χ3v) is 11.0. The summed E-state index contributed by atoms with van der Waals surface area (Å²) in [5, 5.41) is 0. The Morgan fingerprint density at radius 1 is 0.595 bits per heavy atom. The zero-order valence-electron chi connectivity index (χ0n) is 22.0. The van der Waals surface area contributed by atoms with Crippen molar-refractivity contribution in [1.82, 2.24) is 8.61 Å². The van der Waals surface area contributed by atoms with E-state index in [2.05, 4.69) is 31.9 Å². The molecule has 0 spiro atoms. The fourth-order valence-corrected chi connectivity index (χ4v) is 8.35. The van der Waals surface area contributed by atoms with Crippen LogP contribution in [0.4, 0.5) is 9.59 Å². The van der Waals surface area contributed by atoms with Crippen molar-refractivity contribution in [3.8, 4) is 0 Å². The molecule has 2 aliphatic rings. The summed E-state index contributed by atoms with van der Waals surface area (Å²) in [4.78, 5) is 28.1. The van der Waals surface area contributed by atoms with Gasteiger partial charge in [-0.1, -0.05) is 91.5 Å². The van der Waals surface area contributed by atoms with Crippen LogP contribution in [0.2, 0.25) is 0 Å². The van der Waals surface area contributed by atoms with Gasteiger partial charge in [0, 0.05) is 9.97 Å². The second kappa shape index (κ2) is 11.3. The standard InChI is InChI=1S/C28H22Br2N2O8S2/c1-17-3-11-21(12-4-17)41(35,36)31-23(15-29)25(39-27(31)33)19-7-9-20(10-8-19)26-24(16-30)32(28(34)40-26)42(37,38)22-13-5-18(2)6-14-22/h3-16,25-26H,1-2H3/b23-15-,24-16+. The number of benzene rings is 3. The Balaban J connectivity index is 1.42. The summed E-state index contributed by atoms with van der Waals surface area (Å²) in [6.07, 6.45) is -4.27. The minimum Gasteiger partial charge on any atom is -0.434 e. The Morgan fingerprint density at radius 2 is 0.905 bits per heavy atom. The number of hydrogen-bond donors (Lipinski definition) is 0. The van der Waals surface area contributed by atoms with E-state index in [1.807, 2.05) is 13.8 Å². The van der Waals surface area contributed by atoms with Gasteiger partial charge in [0.1, 0.15) is 0 Å². The molecule has 14 heteroatoms. The summed E-state index contributed by atoms with van der Waals surface area (Å²) in [6.45, 7) is 3.63. The highest BCUT2D eigenvalue weighted by atomic mass is 79.9. The molecule has 2 heterocycles. The maximum Gasteiger partial charge on any atom is 0.429 e. The van der Waals surface area contributed by atoms with E-state index in [-0.39, 0.29) is 21.2 Å². The smallest absolute Gasteiger partial charge is 0.429 e. The normalized spacial score (nSPS) is 21.2. The third-order valence-electron chi connectivity index (χ3n) is 6.66. The summed E-state index contributed by atoms with van der Waals surface area (Å²) in [6, 6.07) is 18.4. The van der Waals surface area contributed by atoms with E-state index >= 15 is 0 Å². The molecule has 5 rings (SSSR count). The van der Waals surface area contributed by atoms with E-state index in [1.54, 1.807) is 48.5 Å². The van der Waals surface area contributed by atoms with Crippen LogP contribution in [0.5, 0.6) is 0 Å². The molecule has 0 aromatic heterocycles. The Labute approximate surface area is 259 Å². The number of carbonyl (C=O) groups is 2. The molecule has 2 unspecified atom stereocenters. The Hall–Kier alpha value is -3.46. The van der Waals surface area contributed by atoms with Gasteiger partial charge in [-0.25, -0.2) is 26.4 Å². The molecule has 0 radical (unpaired) electrons. The molecule has 0 bridgehead atoms. The van der Waals surface area contributed by atoms with Crippen LogP contribution >= 0.6 is 31.9 Å². The van der Waals surface area contributed by atoms with Gasteiger partial charge < -0.3 is 9.47 Å². The van der Waals surface area contributed by atoms with E-state index in [9.17, 15) is 26.4 Å². The predicted molar refractivity (Wildman–Crippen MR) is 159 cm³/mol. The average Bonchev–Trinajstić information content (AvgIpc) is 3.50. The minimum absolute atomic E-state index is 0.0389. The fraction of sp³-hybridized carbons (Fsp3) is 0.143. The van der Waals surface area contributed by atoms with Crippen LogP contribution in [-0.2, 0) is 29.5 Å². The first kappa shape index (κ1) is 30.0. The number of sulfonamides is 2. The molecule has 218 valence electrons. The molecule has 2 atom stereocenters. The number of cyclic esters (lactones) is 2. The minimum atomic E-state index is -4.26. The van der Waals surface area contributed by atoms with Crippen LogP contribution < -0.4 is 0 Å². The zero-order chi connectivity index (χ0) is 30.4. The van der Waals surface area contributed by atoms with E-state index in [0.29, 0.717) is 19.7 Å². The van der Waals surface area contributed by atoms with Gasteiger partial charge in [0.15, 0.2) is 12.2 Å². The zero-order valence-corrected chi connectivity index (χ0v) is 26.8. The second-order valence-electron chi connectivity index (χ2n) is 9.43. The van der Waals surface area contributed by atoms with Crippen molar-refractivity contribution in [2.45, 2.75) is 35.8 Å². The lowest BCUT2D eigenvalue weighted by molar-refractivity contribution is 0.138. The molecule has 0 aliphatic carbocycles. The predicted octanol–water partition coefficient (Wildman–Crippen LogP) is 6.54. The quantitative estimate of drug-likeness (QED) is 0.279. The highest BCUT2D eigenvalue weighted by Gasteiger charge is 2.47. The van der Waals surface area contributed by atoms with Crippen molar-refractivity contribution in [3.63, 3.8) is 0 Å². The van der Waals surface area contributed by atoms with Gasteiger partial charge in [-0.15, -0.1) is 0 Å². The molecule has 2 aliphatic heterocycles. The molecule has 2 amide bonds. The Bertz CT molecular complexity index is 1700. The lowest BCUT2D eigenvalue weighted by Gasteiger charge is -2.18. The van der Waals surface area contributed by atoms with E-state index < -0.39 is 44.4 Å². The molecule has 2 saturated heterocycles. The van der Waals surface area contributed by atoms with E-state index in [0.717, 1.165) is 11.1 Å². The summed E-state index contributed by atoms with van der Waals surface area (Å²) >= 11 is 6.33. The molecule has 42 heavy (non-hydrogen) atoms. The fourth-order valence-electron chi connectivity index (χ4n) is 4.47. The van der Waals surface area contributed by atoms with Crippen molar-refractivity contribution >= 4 is 64.1 Å². The summed E-state index contributed by atoms with van der Waals surface area (Å²) < 4.78 is 65.4. The number of hydrogen-bond acceptors (Lipinski definition) is 8. The number of nitrogens with zero attached hydrogens (tertiary/aromatic N) is 2. The first-order chi connectivity index (χ1) is 19.9. The number of rotatable bonds is 6. The van der Waals surface area contributed by atoms with Gasteiger partial charge in [0.2, 0.25) is 0 Å². The Morgan fingerprint density at radius 3 is 1.19 bits per heavy atom. The lowest BCUT2D eigenvalue weighted by Crippen LogP contribution is -2.30. The van der Waals surface area contributed by atoms with Crippen molar-refractivity contribution in [3.05, 3.63) is 116 Å². The highest BCUT2D eigenvalue weighted by molar-refractivity contribution is 9.11. The molecule has 3 aromatic carbocycles. The van der Waals surface area contributed by atoms with E-state index in [4.69, 9.17) is 9.47 Å². The number of amides is 2. The largest absolute Gasteiger partial charge is 0.434 e. The van der Waals surface area contributed by atoms with Crippen molar-refractivity contribution in [2.24, 2.45) is 0 Å². The SMILES string of the molecule is Cc1ccc(S(=O)(=O)N2C(=O)OC(c3ccc(C4OC(=O)N(S(=O)(=O)c5ccc(C)cc5)/C4=C/Br)cc3)/C2=C/Br)cc1. The monoisotopic (exact) mass is 736 g/mol. The van der Waals surface area contributed by atoms with Gasteiger partial charge in [-0.3, -0.25) is 0 Å². The maximum atomic E-state index is 13.3. The summed E-state index contributed by atoms with van der Waals surface area (Å²) in [5.74, 6) is 0. The average molecular weight is 738 g/mol. The maximum absolute atomic E-state index is 13.3. The molecular formula is C28H22Br2N2O8S2. The van der Waals surface area contributed by atoms with Gasteiger partial charge in [-0.2, -0.15) is 8.61 Å². The molecular weight excluding hydrogens is 716 g/mol. The summed E-state index contributed by atoms with van der Waals surface area (Å²) in [5.41, 5.74) is 2.64. The van der Waals surface area contributed by atoms with Gasteiger partial charge in [0.05, 0.1) is 21.2 Å². The molecule has 10 nitrogen and oxygen atoms in total. The number of carbonyl (C=O) groups excluding carboxylic acids is 2. The van der Waals surface area contributed by atoms with Crippen LogP contribution in [0.25, 0.3) is 0 Å². The van der Waals surface area contributed by atoms with Gasteiger partial charge >= 0.3 is 12.2 Å². The number of aryl methyl sites for hydroxylation is 2.